The summed E-state index contributed by atoms with van der Waals surface area (Å²) in [7, 11) is 0. The van der Waals surface area contributed by atoms with Gasteiger partial charge in [0.15, 0.2) is 0 Å². The first-order valence-corrected chi connectivity index (χ1v) is 9.63. The number of benzene rings is 2. The number of nitrogens with zero attached hydrogens (tertiary/aromatic N) is 1. The van der Waals surface area contributed by atoms with Gasteiger partial charge >= 0.3 is 0 Å². The molecule has 3 rings (SSSR count). The molecule has 5 nitrogen and oxygen atoms in total. The van der Waals surface area contributed by atoms with E-state index in [1.807, 2.05) is 19.1 Å². The zero-order valence-corrected chi connectivity index (χ0v) is 16.4. The van der Waals surface area contributed by atoms with E-state index in [1.165, 1.54) is 42.3 Å². The minimum atomic E-state index is -0.485. The molecule has 3 N–H and O–H groups in total. The molecule has 0 aromatic heterocycles. The van der Waals surface area contributed by atoms with E-state index >= 15 is 0 Å². The topological polar surface area (TPSA) is 85.2 Å². The smallest absolute Gasteiger partial charge is 0.263 e. The molecule has 0 saturated carbocycles. The molecule has 6 heteroatoms. The third-order valence-corrected chi connectivity index (χ3v) is 5.15. The fourth-order valence-corrected chi connectivity index (χ4v) is 3.47. The van der Waals surface area contributed by atoms with E-state index in [0.717, 1.165) is 18.4 Å². The van der Waals surface area contributed by atoms with E-state index in [4.69, 9.17) is 11.6 Å². The second-order valence-corrected chi connectivity index (χ2v) is 7.34. The van der Waals surface area contributed by atoms with Crippen LogP contribution >= 0.6 is 11.6 Å². The van der Waals surface area contributed by atoms with Gasteiger partial charge in [0.2, 0.25) is 0 Å². The summed E-state index contributed by atoms with van der Waals surface area (Å²) in [6.07, 6.45) is 5.87. The molecule has 0 aliphatic heterocycles. The van der Waals surface area contributed by atoms with Gasteiger partial charge in [0, 0.05) is 11.2 Å². The predicted molar refractivity (Wildman–Crippen MR) is 110 cm³/mol. The minimum absolute atomic E-state index is 0.0271. The van der Waals surface area contributed by atoms with Crippen LogP contribution in [-0.2, 0) is 17.6 Å². The van der Waals surface area contributed by atoms with Crippen LogP contribution in [0.3, 0.4) is 0 Å². The van der Waals surface area contributed by atoms with Gasteiger partial charge < -0.3 is 15.7 Å². The third kappa shape index (κ3) is 4.65. The molecule has 1 unspecified atom stereocenters. The Labute approximate surface area is 169 Å². The first kappa shape index (κ1) is 19.8. The van der Waals surface area contributed by atoms with E-state index in [1.54, 1.807) is 6.07 Å². The molecule has 0 fully saturated rings. The van der Waals surface area contributed by atoms with Gasteiger partial charge in [-0.25, -0.2) is 0 Å². The lowest BCUT2D eigenvalue weighted by atomic mass is 9.89. The number of aromatic hydroxyl groups is 1. The number of carbonyl (C=O) groups excluding carboxylic acids is 1. The Morgan fingerprint density at radius 1 is 1.21 bits per heavy atom. The maximum atomic E-state index is 12.5. The van der Waals surface area contributed by atoms with Crippen molar-refractivity contribution >= 4 is 23.2 Å². The quantitative estimate of drug-likeness (QED) is 0.391. The van der Waals surface area contributed by atoms with E-state index < -0.39 is 5.91 Å². The molecule has 144 valence electrons. The van der Waals surface area contributed by atoms with Gasteiger partial charge in [0.1, 0.15) is 17.4 Å². The Kier molecular flexibility index (Phi) is 6.23. The summed E-state index contributed by atoms with van der Waals surface area (Å²) < 4.78 is 0. The lowest BCUT2D eigenvalue weighted by Gasteiger charge is -2.20. The molecule has 1 amide bonds. The molecule has 0 saturated heterocycles. The van der Waals surface area contributed by atoms with Crippen LogP contribution in [0.25, 0.3) is 0 Å². The van der Waals surface area contributed by atoms with Gasteiger partial charge in [-0.15, -0.1) is 0 Å². The zero-order chi connectivity index (χ0) is 20.1. The van der Waals surface area contributed by atoms with Crippen molar-refractivity contribution in [2.24, 2.45) is 0 Å². The van der Waals surface area contributed by atoms with Gasteiger partial charge in [-0.3, -0.25) is 4.79 Å². The van der Waals surface area contributed by atoms with Crippen molar-refractivity contribution in [3.63, 3.8) is 0 Å². The number of hydrogen-bond donors (Lipinski definition) is 3. The van der Waals surface area contributed by atoms with Crippen LogP contribution < -0.4 is 10.6 Å². The first-order chi connectivity index (χ1) is 13.5. The van der Waals surface area contributed by atoms with E-state index in [2.05, 4.69) is 22.8 Å². The molecule has 2 aromatic rings. The summed E-state index contributed by atoms with van der Waals surface area (Å²) in [6.45, 7) is 1.90. The average molecular weight is 396 g/mol. The van der Waals surface area contributed by atoms with E-state index in [9.17, 15) is 15.2 Å². The Bertz CT molecular complexity index is 963. The number of anilines is 1. The number of phenols is 1. The van der Waals surface area contributed by atoms with E-state index in [-0.39, 0.29) is 17.4 Å². The Balaban J connectivity index is 1.69. The monoisotopic (exact) mass is 395 g/mol. The van der Waals surface area contributed by atoms with Crippen LogP contribution in [0.5, 0.6) is 5.75 Å². The number of halogens is 1. The molecule has 0 heterocycles. The molecule has 0 spiro atoms. The SMILES string of the molecule is CC(NC(=O)/C(C#N)=C\Nc1cc(Cl)ccc1O)c1ccc2c(c1)CCCC2. The summed E-state index contributed by atoms with van der Waals surface area (Å²) in [5.41, 5.74) is 3.97. The van der Waals surface area contributed by atoms with Crippen LogP contribution in [0.1, 0.15) is 42.5 Å². The van der Waals surface area contributed by atoms with Crippen molar-refractivity contribution in [1.82, 2.24) is 5.32 Å². The summed E-state index contributed by atoms with van der Waals surface area (Å²) in [6, 6.07) is 12.5. The largest absolute Gasteiger partial charge is 0.506 e. The summed E-state index contributed by atoms with van der Waals surface area (Å²) >= 11 is 5.90. The first-order valence-electron chi connectivity index (χ1n) is 9.26. The highest BCUT2D eigenvalue weighted by molar-refractivity contribution is 6.30. The van der Waals surface area contributed by atoms with Crippen LogP contribution in [0.4, 0.5) is 5.69 Å². The lowest BCUT2D eigenvalue weighted by molar-refractivity contribution is -0.117. The van der Waals surface area contributed by atoms with Crippen molar-refractivity contribution in [3.05, 3.63) is 69.9 Å². The molecule has 1 aliphatic carbocycles. The highest BCUT2D eigenvalue weighted by atomic mass is 35.5. The molecule has 2 aromatic carbocycles. The van der Waals surface area contributed by atoms with Crippen molar-refractivity contribution in [3.8, 4) is 11.8 Å². The molecule has 0 radical (unpaired) electrons. The van der Waals surface area contributed by atoms with Gasteiger partial charge in [0.25, 0.3) is 5.91 Å². The number of aryl methyl sites for hydroxylation is 2. The number of nitriles is 1. The third-order valence-electron chi connectivity index (χ3n) is 4.92. The van der Waals surface area contributed by atoms with Crippen molar-refractivity contribution in [2.45, 2.75) is 38.6 Å². The van der Waals surface area contributed by atoms with Crippen LogP contribution in [0.15, 0.2) is 48.2 Å². The Morgan fingerprint density at radius 3 is 2.71 bits per heavy atom. The predicted octanol–water partition coefficient (Wildman–Crippen LogP) is 4.62. The Morgan fingerprint density at radius 2 is 1.96 bits per heavy atom. The molecular formula is C22H22ClN3O2. The summed E-state index contributed by atoms with van der Waals surface area (Å²) in [4.78, 5) is 12.5. The number of hydrogen-bond acceptors (Lipinski definition) is 4. The summed E-state index contributed by atoms with van der Waals surface area (Å²) in [5.74, 6) is -0.512. The molecular weight excluding hydrogens is 374 g/mol. The van der Waals surface area contributed by atoms with Gasteiger partial charge in [-0.2, -0.15) is 5.26 Å². The van der Waals surface area contributed by atoms with Crippen molar-refractivity contribution < 1.29 is 9.90 Å². The molecule has 28 heavy (non-hydrogen) atoms. The standard InChI is InChI=1S/C22H22ClN3O2/c1-14(16-7-6-15-4-2-3-5-17(15)10-16)26-22(28)18(12-24)13-25-20-11-19(23)8-9-21(20)27/h6-11,13-14,25,27H,2-5H2,1H3,(H,26,28)/b18-13-. The molecule has 0 bridgehead atoms. The van der Waals surface area contributed by atoms with E-state index in [0.29, 0.717) is 10.7 Å². The normalized spacial score (nSPS) is 14.5. The Hall–Kier alpha value is -2.97. The zero-order valence-electron chi connectivity index (χ0n) is 15.6. The average Bonchev–Trinajstić information content (AvgIpc) is 2.70. The second kappa shape index (κ2) is 8.81. The number of phenolic OH excluding ortho intramolecular Hbond substituents is 1. The fraction of sp³-hybridized carbons (Fsp3) is 0.273. The number of carbonyl (C=O) groups is 1. The van der Waals surface area contributed by atoms with Crippen LogP contribution in [0.2, 0.25) is 5.02 Å². The van der Waals surface area contributed by atoms with Crippen molar-refractivity contribution in [1.29, 1.82) is 5.26 Å². The maximum Gasteiger partial charge on any atom is 0.263 e. The molecule has 1 atom stereocenters. The summed E-state index contributed by atoms with van der Waals surface area (Å²) in [5, 5.41) is 25.2. The van der Waals surface area contributed by atoms with Gasteiger partial charge in [-0.05, 0) is 67.5 Å². The lowest BCUT2D eigenvalue weighted by Crippen LogP contribution is -2.28. The number of amides is 1. The number of rotatable bonds is 5. The maximum absolute atomic E-state index is 12.5. The van der Waals surface area contributed by atoms with Crippen molar-refractivity contribution in [2.75, 3.05) is 5.32 Å². The van der Waals surface area contributed by atoms with Crippen LogP contribution in [-0.4, -0.2) is 11.0 Å². The second-order valence-electron chi connectivity index (χ2n) is 6.91. The number of fused-ring (bicyclic) bond motifs is 1. The van der Waals surface area contributed by atoms with Gasteiger partial charge in [0.05, 0.1) is 11.7 Å². The number of nitrogens with one attached hydrogen (secondary N) is 2. The van der Waals surface area contributed by atoms with Crippen LogP contribution in [0, 0.1) is 11.3 Å². The highest BCUT2D eigenvalue weighted by Crippen LogP contribution is 2.27. The molecule has 1 aliphatic rings. The fourth-order valence-electron chi connectivity index (χ4n) is 3.30. The minimum Gasteiger partial charge on any atom is -0.506 e. The highest BCUT2D eigenvalue weighted by Gasteiger charge is 2.16. The van der Waals surface area contributed by atoms with Gasteiger partial charge in [-0.1, -0.05) is 29.8 Å².